The number of nitrogens with one attached hydrogen (secondary N) is 1. The lowest BCUT2D eigenvalue weighted by Gasteiger charge is -2.07. The maximum absolute atomic E-state index is 4.11. The number of nitrogens with zero attached hydrogens (tertiary/aromatic N) is 1. The molecule has 1 heterocycles. The highest BCUT2D eigenvalue weighted by atomic mass is 15.0. The Hall–Kier alpha value is -0.790. The van der Waals surface area contributed by atoms with Gasteiger partial charge in [-0.2, -0.15) is 0 Å². The predicted molar refractivity (Wildman–Crippen MR) is 60.3 cm³/mol. The molecule has 1 atom stereocenters. The van der Waals surface area contributed by atoms with Crippen molar-refractivity contribution in [1.29, 1.82) is 0 Å². The fraction of sp³-hybridized carbons (Fsp3) is 0.727. The fourth-order valence-corrected chi connectivity index (χ4v) is 1.21. The summed E-state index contributed by atoms with van der Waals surface area (Å²) in [7, 11) is 0. The molecule has 0 saturated carbocycles. The van der Waals surface area contributed by atoms with Crippen LogP contribution in [-0.4, -0.2) is 18.9 Å². The number of hydrogen-bond acceptors (Lipinski definition) is 2. The minimum Gasteiger partial charge on any atom is -0.372 e. The molecule has 2 nitrogen and oxygen atoms in total. The Labute approximate surface area is 82.1 Å². The van der Waals surface area contributed by atoms with Crippen molar-refractivity contribution in [3.8, 4) is 0 Å². The summed E-state index contributed by atoms with van der Waals surface area (Å²) in [5.41, 5.74) is 0. The van der Waals surface area contributed by atoms with E-state index in [0.717, 1.165) is 6.54 Å². The molecule has 0 saturated heterocycles. The van der Waals surface area contributed by atoms with E-state index in [0.29, 0.717) is 6.04 Å². The van der Waals surface area contributed by atoms with E-state index in [1.807, 2.05) is 13.3 Å². The van der Waals surface area contributed by atoms with Crippen molar-refractivity contribution >= 4 is 6.34 Å². The van der Waals surface area contributed by atoms with Crippen LogP contribution in [0.3, 0.4) is 0 Å². The van der Waals surface area contributed by atoms with Crippen molar-refractivity contribution in [2.45, 2.75) is 45.6 Å². The summed E-state index contributed by atoms with van der Waals surface area (Å²) in [5, 5.41) is 3.22. The first kappa shape index (κ1) is 12.2. The van der Waals surface area contributed by atoms with Crippen LogP contribution < -0.4 is 5.32 Å². The van der Waals surface area contributed by atoms with Gasteiger partial charge in [0.05, 0.1) is 12.9 Å². The first-order chi connectivity index (χ1) is 6.35. The molecule has 0 spiro atoms. The molecule has 1 N–H and O–H groups in total. The molecule has 0 aromatic heterocycles. The van der Waals surface area contributed by atoms with Crippen molar-refractivity contribution in [3.63, 3.8) is 0 Å². The van der Waals surface area contributed by atoms with Crippen LogP contribution in [0.2, 0.25) is 0 Å². The van der Waals surface area contributed by atoms with E-state index < -0.39 is 0 Å². The molecule has 1 aliphatic rings. The summed E-state index contributed by atoms with van der Waals surface area (Å²) < 4.78 is 0. The van der Waals surface area contributed by atoms with E-state index in [9.17, 15) is 0 Å². The van der Waals surface area contributed by atoms with Gasteiger partial charge in [-0.05, 0) is 13.3 Å². The Morgan fingerprint density at radius 1 is 1.62 bits per heavy atom. The first-order valence-corrected chi connectivity index (χ1v) is 5.16. The minimum atomic E-state index is 0.645. The van der Waals surface area contributed by atoms with Crippen LogP contribution in [0.1, 0.15) is 39.5 Å². The van der Waals surface area contributed by atoms with Crippen molar-refractivity contribution < 1.29 is 0 Å². The molecule has 1 rings (SSSR count). The van der Waals surface area contributed by atoms with E-state index in [4.69, 9.17) is 0 Å². The topological polar surface area (TPSA) is 24.4 Å². The Morgan fingerprint density at radius 2 is 2.31 bits per heavy atom. The van der Waals surface area contributed by atoms with Crippen LogP contribution in [0.25, 0.3) is 0 Å². The summed E-state index contributed by atoms with van der Waals surface area (Å²) in [6, 6.07) is 0.645. The van der Waals surface area contributed by atoms with Crippen LogP contribution in [-0.2, 0) is 0 Å². The average molecular weight is 182 g/mol. The highest BCUT2D eigenvalue weighted by Crippen LogP contribution is 2.04. The van der Waals surface area contributed by atoms with Crippen molar-refractivity contribution in [1.82, 2.24) is 5.32 Å². The second-order valence-electron chi connectivity index (χ2n) is 3.26. The zero-order chi connectivity index (χ0) is 9.94. The van der Waals surface area contributed by atoms with Gasteiger partial charge in [0, 0.05) is 6.04 Å². The first-order valence-electron chi connectivity index (χ1n) is 5.16. The molecule has 13 heavy (non-hydrogen) atoms. The summed E-state index contributed by atoms with van der Waals surface area (Å²) in [6.07, 6.45) is 8.88. The maximum atomic E-state index is 4.11. The third-order valence-electron chi connectivity index (χ3n) is 1.88. The van der Waals surface area contributed by atoms with Gasteiger partial charge in [0.1, 0.15) is 0 Å². The SMILES string of the molecule is C=CC.CCCCCC1CN=CN1. The normalized spacial score (nSPS) is 18.8. The fourth-order valence-electron chi connectivity index (χ4n) is 1.21. The average Bonchev–Trinajstić information content (AvgIpc) is 2.59. The lowest BCUT2D eigenvalue weighted by molar-refractivity contribution is 0.552. The number of allylic oxidation sites excluding steroid dienone is 1. The Balaban J connectivity index is 0.000000424. The van der Waals surface area contributed by atoms with E-state index >= 15 is 0 Å². The van der Waals surface area contributed by atoms with Gasteiger partial charge in [0.2, 0.25) is 0 Å². The monoisotopic (exact) mass is 182 g/mol. The van der Waals surface area contributed by atoms with Gasteiger partial charge in [0.15, 0.2) is 0 Å². The quantitative estimate of drug-likeness (QED) is 0.524. The number of hydrogen-bond donors (Lipinski definition) is 1. The summed E-state index contributed by atoms with van der Waals surface area (Å²) >= 11 is 0. The summed E-state index contributed by atoms with van der Waals surface area (Å²) in [5.74, 6) is 0. The number of unbranched alkanes of at least 4 members (excludes halogenated alkanes) is 2. The van der Waals surface area contributed by atoms with Crippen molar-refractivity contribution in [2.75, 3.05) is 6.54 Å². The zero-order valence-electron chi connectivity index (χ0n) is 8.92. The molecule has 0 radical (unpaired) electrons. The van der Waals surface area contributed by atoms with Crippen LogP contribution in [0.4, 0.5) is 0 Å². The Morgan fingerprint density at radius 3 is 2.77 bits per heavy atom. The third kappa shape index (κ3) is 7.57. The number of aliphatic imine (C=N–C) groups is 1. The van der Waals surface area contributed by atoms with Gasteiger partial charge in [0.25, 0.3) is 0 Å². The van der Waals surface area contributed by atoms with Crippen LogP contribution >= 0.6 is 0 Å². The van der Waals surface area contributed by atoms with Gasteiger partial charge in [-0.1, -0.05) is 32.3 Å². The second kappa shape index (κ2) is 9.30. The Bertz CT molecular complexity index is 133. The van der Waals surface area contributed by atoms with Crippen molar-refractivity contribution in [3.05, 3.63) is 12.7 Å². The molecule has 0 aromatic rings. The molecule has 1 unspecified atom stereocenters. The lowest BCUT2D eigenvalue weighted by atomic mass is 10.1. The Kier molecular flexibility index (Phi) is 8.73. The third-order valence-corrected chi connectivity index (χ3v) is 1.88. The lowest BCUT2D eigenvalue weighted by Crippen LogP contribution is -2.24. The van der Waals surface area contributed by atoms with E-state index in [1.165, 1.54) is 25.7 Å². The molecular weight excluding hydrogens is 160 g/mol. The van der Waals surface area contributed by atoms with E-state index in [2.05, 4.69) is 23.8 Å². The van der Waals surface area contributed by atoms with Crippen LogP contribution in [0.5, 0.6) is 0 Å². The highest BCUT2D eigenvalue weighted by molar-refractivity contribution is 5.57. The minimum absolute atomic E-state index is 0.645. The molecule has 76 valence electrons. The summed E-state index contributed by atoms with van der Waals surface area (Å²) in [6.45, 7) is 8.47. The maximum Gasteiger partial charge on any atom is 0.0827 e. The van der Waals surface area contributed by atoms with Gasteiger partial charge in [-0.15, -0.1) is 6.58 Å². The van der Waals surface area contributed by atoms with Gasteiger partial charge in [-0.25, -0.2) is 0 Å². The molecule has 0 bridgehead atoms. The molecule has 0 aliphatic carbocycles. The largest absolute Gasteiger partial charge is 0.372 e. The van der Waals surface area contributed by atoms with Crippen LogP contribution in [0, 0.1) is 0 Å². The van der Waals surface area contributed by atoms with Crippen LogP contribution in [0.15, 0.2) is 17.6 Å². The molecular formula is C11H22N2. The molecule has 0 fully saturated rings. The van der Waals surface area contributed by atoms with Crippen molar-refractivity contribution in [2.24, 2.45) is 4.99 Å². The predicted octanol–water partition coefficient (Wildman–Crippen LogP) is 2.76. The molecule has 2 heteroatoms. The van der Waals surface area contributed by atoms with Gasteiger partial charge in [-0.3, -0.25) is 4.99 Å². The van der Waals surface area contributed by atoms with Gasteiger partial charge < -0.3 is 5.32 Å². The molecule has 1 aliphatic heterocycles. The second-order valence-corrected chi connectivity index (χ2v) is 3.26. The standard InChI is InChI=1S/C8H16N2.C3H6/c1-2-3-4-5-8-6-9-7-10-8;1-3-2/h7-8H,2-6H2,1H3,(H,9,10);3H,1H2,2H3. The summed E-state index contributed by atoms with van der Waals surface area (Å²) in [4.78, 5) is 4.11. The number of rotatable bonds is 4. The van der Waals surface area contributed by atoms with Gasteiger partial charge >= 0.3 is 0 Å². The molecule has 0 aromatic carbocycles. The molecule has 0 amide bonds. The smallest absolute Gasteiger partial charge is 0.0827 e. The van der Waals surface area contributed by atoms with E-state index in [-0.39, 0.29) is 0 Å². The van der Waals surface area contributed by atoms with E-state index in [1.54, 1.807) is 6.08 Å². The zero-order valence-corrected chi connectivity index (χ0v) is 8.92. The highest BCUT2D eigenvalue weighted by Gasteiger charge is 2.07.